The SMILES string of the molecule is CC(F)C(F)(F)CC(F)CCSC(=[OH+])c1ccccc1.O=C(S)c1ccccc1. The van der Waals surface area contributed by atoms with E-state index in [1.165, 1.54) is 0 Å². The van der Waals surface area contributed by atoms with Gasteiger partial charge in [-0.2, -0.15) is 0 Å². The van der Waals surface area contributed by atoms with Crippen LogP contribution in [0.1, 0.15) is 35.7 Å². The topological polar surface area (TPSA) is 38.5 Å². The van der Waals surface area contributed by atoms with Gasteiger partial charge in [0.2, 0.25) is 5.12 Å². The van der Waals surface area contributed by atoms with E-state index in [1.807, 2.05) is 18.2 Å². The lowest BCUT2D eigenvalue weighted by atomic mass is 10.1. The molecule has 0 radical (unpaired) electrons. The van der Waals surface area contributed by atoms with E-state index >= 15 is 0 Å². The van der Waals surface area contributed by atoms with Crippen molar-refractivity contribution in [2.75, 3.05) is 5.75 Å². The predicted octanol–water partition coefficient (Wildman–Crippen LogP) is 6.14. The molecule has 0 aromatic heterocycles. The summed E-state index contributed by atoms with van der Waals surface area (Å²) in [5.41, 5.74) is 1.23. The molecule has 0 heterocycles. The van der Waals surface area contributed by atoms with E-state index in [-0.39, 0.29) is 22.4 Å². The minimum absolute atomic E-state index is 0.0171. The second-order valence-corrected chi connectivity index (χ2v) is 7.65. The Bertz CT molecular complexity index is 756. The first-order chi connectivity index (χ1) is 13.6. The van der Waals surface area contributed by atoms with Gasteiger partial charge in [0.1, 0.15) is 6.17 Å². The molecule has 1 N–H and O–H groups in total. The molecule has 29 heavy (non-hydrogen) atoms. The zero-order chi connectivity index (χ0) is 21.9. The zero-order valence-electron chi connectivity index (χ0n) is 15.8. The van der Waals surface area contributed by atoms with Gasteiger partial charge < -0.3 is 0 Å². The van der Waals surface area contributed by atoms with Gasteiger partial charge in [-0.3, -0.25) is 9.59 Å². The standard InChI is InChI=1S/C14H16F4OS.C7H6OS/c1-10(15)14(17,18)9-12(16)7-8-20-13(19)11-5-3-2-4-6-11;8-7(9)6-4-2-1-3-5-6/h2-6,10,12H,7-9H2,1H3;1-5H,(H,8,9)/p+1. The molecule has 0 fully saturated rings. The highest BCUT2D eigenvalue weighted by molar-refractivity contribution is 8.14. The van der Waals surface area contributed by atoms with Gasteiger partial charge in [-0.05, 0) is 37.2 Å². The highest BCUT2D eigenvalue weighted by Crippen LogP contribution is 2.29. The van der Waals surface area contributed by atoms with Crippen LogP contribution in [0.2, 0.25) is 0 Å². The van der Waals surface area contributed by atoms with E-state index in [0.29, 0.717) is 11.1 Å². The molecule has 2 rings (SSSR count). The third-order valence-corrected chi connectivity index (χ3v) is 4.99. The summed E-state index contributed by atoms with van der Waals surface area (Å²) in [7, 11) is 0. The van der Waals surface area contributed by atoms with E-state index in [9.17, 15) is 27.2 Å². The highest BCUT2D eigenvalue weighted by Gasteiger charge is 2.39. The molecule has 0 aliphatic carbocycles. The molecule has 0 amide bonds. The van der Waals surface area contributed by atoms with E-state index in [4.69, 9.17) is 0 Å². The Balaban J connectivity index is 0.000000387. The number of carbonyl (C=O) groups excluding carboxylic acids is 2. The van der Waals surface area contributed by atoms with Gasteiger partial charge in [-0.1, -0.05) is 48.5 Å². The number of hydrogen-bond acceptors (Lipinski definition) is 2. The van der Waals surface area contributed by atoms with Crippen molar-refractivity contribution in [2.45, 2.75) is 38.0 Å². The molecule has 0 aliphatic rings. The molecule has 2 nitrogen and oxygen atoms in total. The Morgan fingerprint density at radius 2 is 1.52 bits per heavy atom. The Morgan fingerprint density at radius 3 is 1.93 bits per heavy atom. The number of alkyl halides is 4. The Labute approximate surface area is 177 Å². The summed E-state index contributed by atoms with van der Waals surface area (Å²) in [5, 5.41) is -0.168. The van der Waals surface area contributed by atoms with Crippen LogP contribution in [0.25, 0.3) is 0 Å². The smallest absolute Gasteiger partial charge is 0.282 e. The average molecular weight is 448 g/mol. The summed E-state index contributed by atoms with van der Waals surface area (Å²) < 4.78 is 51.8. The third kappa shape index (κ3) is 9.99. The average Bonchev–Trinajstić information content (AvgIpc) is 2.69. The van der Waals surface area contributed by atoms with E-state index in [0.717, 1.165) is 18.7 Å². The molecule has 158 valence electrons. The Kier molecular flexibility index (Phi) is 11.0. The fourth-order valence-corrected chi connectivity index (χ4v) is 3.11. The first-order valence-electron chi connectivity index (χ1n) is 8.82. The summed E-state index contributed by atoms with van der Waals surface area (Å²) in [5.74, 6) is -3.49. The number of benzene rings is 2. The van der Waals surface area contributed by atoms with Crippen molar-refractivity contribution in [3.8, 4) is 0 Å². The maximum absolute atomic E-state index is 13.4. The van der Waals surface area contributed by atoms with Gasteiger partial charge in [0.25, 0.3) is 5.92 Å². The molecule has 8 heteroatoms. The van der Waals surface area contributed by atoms with Crippen molar-refractivity contribution < 1.29 is 27.2 Å². The van der Waals surface area contributed by atoms with E-state index in [1.54, 1.807) is 42.5 Å². The van der Waals surface area contributed by atoms with Gasteiger partial charge in [0, 0.05) is 17.7 Å². The van der Waals surface area contributed by atoms with Crippen LogP contribution >= 0.6 is 24.4 Å². The second-order valence-electron chi connectivity index (χ2n) is 6.16. The first kappa shape index (κ1) is 25.2. The summed E-state index contributed by atoms with van der Waals surface area (Å²) >= 11 is 4.63. The van der Waals surface area contributed by atoms with E-state index < -0.39 is 24.7 Å². The van der Waals surface area contributed by atoms with Gasteiger partial charge >= 0.3 is 5.12 Å². The van der Waals surface area contributed by atoms with E-state index in [2.05, 4.69) is 12.6 Å². The van der Waals surface area contributed by atoms with Crippen LogP contribution in [0.3, 0.4) is 0 Å². The monoisotopic (exact) mass is 447 g/mol. The molecule has 2 atom stereocenters. The lowest BCUT2D eigenvalue weighted by Crippen LogP contribution is -2.31. The lowest BCUT2D eigenvalue weighted by molar-refractivity contribution is -0.0854. The zero-order valence-corrected chi connectivity index (χ0v) is 17.5. The van der Waals surface area contributed by atoms with Crippen molar-refractivity contribution in [3.63, 3.8) is 0 Å². The normalized spacial score (nSPS) is 13.0. The molecule has 0 saturated heterocycles. The molecule has 2 aromatic carbocycles. The Morgan fingerprint density at radius 1 is 1.03 bits per heavy atom. The predicted molar refractivity (Wildman–Crippen MR) is 114 cm³/mol. The molecule has 0 bridgehead atoms. The summed E-state index contributed by atoms with van der Waals surface area (Å²) in [6, 6.07) is 17.6. The number of halogens is 4. The Hall–Kier alpha value is -1.80. The number of rotatable bonds is 8. The molecule has 0 aliphatic heterocycles. The number of carbonyl (C=O) groups is 1. The first-order valence-corrected chi connectivity index (χ1v) is 10.2. The largest absolute Gasteiger partial charge is 0.382 e. The lowest BCUT2D eigenvalue weighted by Gasteiger charge is -2.19. The van der Waals surface area contributed by atoms with Crippen LogP contribution in [-0.2, 0) is 0 Å². The van der Waals surface area contributed by atoms with Crippen molar-refractivity contribution in [3.05, 3.63) is 71.8 Å². The van der Waals surface area contributed by atoms with Crippen LogP contribution in [0, 0.1) is 0 Å². The van der Waals surface area contributed by atoms with Crippen LogP contribution in [0.5, 0.6) is 0 Å². The molecule has 2 aromatic rings. The highest BCUT2D eigenvalue weighted by atomic mass is 32.2. The van der Waals surface area contributed by atoms with Crippen molar-refractivity contribution in [1.29, 1.82) is 0 Å². The summed E-state index contributed by atoms with van der Waals surface area (Å²) in [4.78, 5) is 20.2. The molecular weight excluding hydrogens is 424 g/mol. The third-order valence-electron chi connectivity index (χ3n) is 3.79. The molecule has 2 unspecified atom stereocenters. The molecule has 0 spiro atoms. The number of thiol groups is 1. The fraction of sp³-hybridized carbons (Fsp3) is 0.333. The minimum atomic E-state index is -3.64. The maximum Gasteiger partial charge on any atom is 0.382 e. The quantitative estimate of drug-likeness (QED) is 0.300. The van der Waals surface area contributed by atoms with Crippen LogP contribution in [0.15, 0.2) is 60.7 Å². The van der Waals surface area contributed by atoms with Crippen LogP contribution in [-0.4, -0.2) is 39.0 Å². The molecular formula is C21H23F4O2S2+. The number of hydrogen-bond donors (Lipinski definition) is 1. The fourth-order valence-electron chi connectivity index (χ4n) is 2.09. The van der Waals surface area contributed by atoms with Crippen LogP contribution in [0.4, 0.5) is 17.6 Å². The summed E-state index contributed by atoms with van der Waals surface area (Å²) in [6.45, 7) is 0.719. The van der Waals surface area contributed by atoms with Crippen LogP contribution < -0.4 is 0 Å². The number of thioether (sulfide) groups is 1. The second kappa shape index (κ2) is 12.7. The minimum Gasteiger partial charge on any atom is -0.282 e. The maximum atomic E-state index is 13.4. The summed E-state index contributed by atoms with van der Waals surface area (Å²) in [6.07, 6.45) is -5.45. The van der Waals surface area contributed by atoms with Gasteiger partial charge in [0.05, 0.1) is 5.56 Å². The van der Waals surface area contributed by atoms with Crippen molar-refractivity contribution in [1.82, 2.24) is 0 Å². The van der Waals surface area contributed by atoms with Crippen molar-refractivity contribution in [2.24, 2.45) is 0 Å². The van der Waals surface area contributed by atoms with Gasteiger partial charge in [-0.25, -0.2) is 17.6 Å². The van der Waals surface area contributed by atoms with Gasteiger partial charge in [-0.15, -0.1) is 12.6 Å². The van der Waals surface area contributed by atoms with Crippen molar-refractivity contribution >= 4 is 34.6 Å². The van der Waals surface area contributed by atoms with Gasteiger partial charge in [0.15, 0.2) is 6.17 Å². The molecule has 0 saturated carbocycles.